The van der Waals surface area contributed by atoms with Gasteiger partial charge in [0.15, 0.2) is 6.61 Å². The summed E-state index contributed by atoms with van der Waals surface area (Å²) in [5, 5.41) is 5.08. The van der Waals surface area contributed by atoms with Crippen molar-refractivity contribution in [3.8, 4) is 0 Å². The van der Waals surface area contributed by atoms with E-state index in [1.807, 2.05) is 12.2 Å². The van der Waals surface area contributed by atoms with Crippen LogP contribution in [0.1, 0.15) is 12.8 Å². The number of carbonyl (C=O) groups is 2. The van der Waals surface area contributed by atoms with Gasteiger partial charge in [0.25, 0.3) is 5.91 Å². The van der Waals surface area contributed by atoms with Crippen LogP contribution in [-0.4, -0.2) is 44.8 Å². The molecule has 2 amide bonds. The summed E-state index contributed by atoms with van der Waals surface area (Å²) >= 11 is 0. The van der Waals surface area contributed by atoms with E-state index in [1.54, 1.807) is 0 Å². The fourth-order valence-electron chi connectivity index (χ4n) is 1.29. The van der Waals surface area contributed by atoms with Crippen LogP contribution in [0.25, 0.3) is 0 Å². The molecule has 0 aliphatic carbocycles. The van der Waals surface area contributed by atoms with Crippen LogP contribution in [0.15, 0.2) is 30.0 Å². The van der Waals surface area contributed by atoms with Crippen LogP contribution in [0.4, 0.5) is 0 Å². The fourth-order valence-corrected chi connectivity index (χ4v) is 1.29. The number of ether oxygens (including phenoxy) is 1. The van der Waals surface area contributed by atoms with Crippen LogP contribution in [-0.2, 0) is 14.3 Å². The topological polar surface area (TPSA) is 79.8 Å². The second-order valence-corrected chi connectivity index (χ2v) is 3.66. The van der Waals surface area contributed by atoms with Crippen molar-refractivity contribution in [2.24, 2.45) is 4.99 Å². The van der Waals surface area contributed by atoms with Crippen LogP contribution in [0.3, 0.4) is 0 Å². The number of likely N-dealkylation sites (N-methyl/N-ethyl adjacent to an activating group) is 1. The van der Waals surface area contributed by atoms with Crippen molar-refractivity contribution in [1.29, 1.82) is 0 Å². The number of rotatable bonds is 10. The molecule has 0 spiro atoms. The molecular formula is C13H21N3O3. The molecule has 0 rings (SSSR count). The van der Waals surface area contributed by atoms with Gasteiger partial charge in [0.2, 0.25) is 5.91 Å². The molecule has 106 valence electrons. The second-order valence-electron chi connectivity index (χ2n) is 3.66. The van der Waals surface area contributed by atoms with Gasteiger partial charge in [0.05, 0.1) is 6.26 Å². The monoisotopic (exact) mass is 267 g/mol. The standard InChI is InChI=1S/C13H21N3O3/c1-4-19-10-12(17)16-11(13(18)15-3)8-6-5-7-9-14-2/h4-6,11H,1-2,7-10H2,3H3,(H,15,18)(H,16,17)/b6-5+/t11-/m0/s1. The van der Waals surface area contributed by atoms with Gasteiger partial charge in [-0.2, -0.15) is 0 Å². The highest BCUT2D eigenvalue weighted by Crippen LogP contribution is 1.96. The van der Waals surface area contributed by atoms with Crippen molar-refractivity contribution in [2.75, 3.05) is 20.2 Å². The normalized spacial score (nSPS) is 11.6. The number of aliphatic imine (C=N–C) groups is 1. The molecule has 0 unspecified atom stereocenters. The Hall–Kier alpha value is -2.11. The largest absolute Gasteiger partial charge is 0.492 e. The molecule has 0 aromatic heterocycles. The number of nitrogens with zero attached hydrogens (tertiary/aromatic N) is 1. The van der Waals surface area contributed by atoms with E-state index in [4.69, 9.17) is 4.74 Å². The highest BCUT2D eigenvalue weighted by atomic mass is 16.5. The third kappa shape index (κ3) is 8.59. The maximum absolute atomic E-state index is 11.6. The zero-order valence-electron chi connectivity index (χ0n) is 11.2. The minimum absolute atomic E-state index is 0.152. The zero-order chi connectivity index (χ0) is 14.5. The lowest BCUT2D eigenvalue weighted by molar-refractivity contribution is -0.130. The summed E-state index contributed by atoms with van der Waals surface area (Å²) < 4.78 is 4.75. The fraction of sp³-hybridized carbons (Fsp3) is 0.462. The Morgan fingerprint density at radius 2 is 2.16 bits per heavy atom. The molecule has 0 radical (unpaired) electrons. The molecule has 1 atom stereocenters. The van der Waals surface area contributed by atoms with Gasteiger partial charge in [-0.1, -0.05) is 18.7 Å². The maximum atomic E-state index is 11.6. The van der Waals surface area contributed by atoms with Gasteiger partial charge in [-0.3, -0.25) is 9.59 Å². The average molecular weight is 267 g/mol. The molecular weight excluding hydrogens is 246 g/mol. The van der Waals surface area contributed by atoms with E-state index >= 15 is 0 Å². The predicted octanol–water partition coefficient (Wildman–Crippen LogP) is 0.414. The van der Waals surface area contributed by atoms with E-state index < -0.39 is 6.04 Å². The molecule has 0 heterocycles. The van der Waals surface area contributed by atoms with Gasteiger partial charge >= 0.3 is 0 Å². The SMILES string of the molecule is C=COCC(=O)N[C@@H](C/C=C/CCN=C)C(=O)NC. The number of hydrogen-bond donors (Lipinski definition) is 2. The van der Waals surface area contributed by atoms with Crippen molar-refractivity contribution < 1.29 is 14.3 Å². The first kappa shape index (κ1) is 16.9. The Bertz CT molecular complexity index is 340. The molecule has 0 saturated heterocycles. The highest BCUT2D eigenvalue weighted by Gasteiger charge is 2.17. The second kappa shape index (κ2) is 11.0. The van der Waals surface area contributed by atoms with Crippen LogP contribution in [0, 0.1) is 0 Å². The van der Waals surface area contributed by atoms with Gasteiger partial charge < -0.3 is 20.4 Å². The zero-order valence-corrected chi connectivity index (χ0v) is 11.2. The number of amides is 2. The van der Waals surface area contributed by atoms with Crippen LogP contribution in [0.2, 0.25) is 0 Å². The molecule has 0 aliphatic heterocycles. The lowest BCUT2D eigenvalue weighted by atomic mass is 10.1. The Morgan fingerprint density at radius 3 is 2.74 bits per heavy atom. The summed E-state index contributed by atoms with van der Waals surface area (Å²) in [6.07, 6.45) is 6.08. The Morgan fingerprint density at radius 1 is 1.42 bits per heavy atom. The molecule has 6 nitrogen and oxygen atoms in total. The van der Waals surface area contributed by atoms with Crippen LogP contribution < -0.4 is 10.6 Å². The quantitative estimate of drug-likeness (QED) is 0.260. The van der Waals surface area contributed by atoms with Crippen molar-refractivity contribution in [3.63, 3.8) is 0 Å². The summed E-state index contributed by atoms with van der Waals surface area (Å²) in [4.78, 5) is 26.8. The number of carbonyl (C=O) groups excluding carboxylic acids is 2. The summed E-state index contributed by atoms with van der Waals surface area (Å²) in [5.41, 5.74) is 0. The molecule has 0 bridgehead atoms. The smallest absolute Gasteiger partial charge is 0.258 e. The van der Waals surface area contributed by atoms with Gasteiger partial charge in [-0.15, -0.1) is 0 Å². The van der Waals surface area contributed by atoms with Crippen molar-refractivity contribution in [3.05, 3.63) is 25.0 Å². The molecule has 0 saturated carbocycles. The van der Waals surface area contributed by atoms with Crippen molar-refractivity contribution in [2.45, 2.75) is 18.9 Å². The summed E-state index contributed by atoms with van der Waals surface area (Å²) in [5.74, 6) is -0.617. The lowest BCUT2D eigenvalue weighted by Gasteiger charge is -2.15. The minimum atomic E-state index is -0.612. The Kier molecular flexibility index (Phi) is 9.79. The predicted molar refractivity (Wildman–Crippen MR) is 74.9 cm³/mol. The van der Waals surface area contributed by atoms with Gasteiger partial charge in [0.1, 0.15) is 6.04 Å². The van der Waals surface area contributed by atoms with Crippen LogP contribution in [0.5, 0.6) is 0 Å². The molecule has 0 fully saturated rings. The Balaban J connectivity index is 4.26. The molecule has 0 aliphatic rings. The van der Waals surface area contributed by atoms with Crippen molar-refractivity contribution >= 4 is 18.5 Å². The number of nitrogens with one attached hydrogen (secondary N) is 2. The molecule has 19 heavy (non-hydrogen) atoms. The van der Waals surface area contributed by atoms with E-state index in [-0.39, 0.29) is 18.4 Å². The highest BCUT2D eigenvalue weighted by molar-refractivity contribution is 5.88. The average Bonchev–Trinajstić information content (AvgIpc) is 2.42. The van der Waals surface area contributed by atoms with E-state index in [9.17, 15) is 9.59 Å². The molecule has 6 heteroatoms. The van der Waals surface area contributed by atoms with E-state index in [0.29, 0.717) is 13.0 Å². The van der Waals surface area contributed by atoms with Crippen molar-refractivity contribution in [1.82, 2.24) is 10.6 Å². The van der Waals surface area contributed by atoms with Crippen LogP contribution >= 0.6 is 0 Å². The maximum Gasteiger partial charge on any atom is 0.258 e. The lowest BCUT2D eigenvalue weighted by Crippen LogP contribution is -2.46. The first-order chi connectivity index (χ1) is 9.15. The van der Waals surface area contributed by atoms with E-state index in [2.05, 4.69) is 28.9 Å². The number of hydrogen-bond acceptors (Lipinski definition) is 4. The van der Waals surface area contributed by atoms with E-state index in [1.165, 1.54) is 13.3 Å². The summed E-state index contributed by atoms with van der Waals surface area (Å²) in [6.45, 7) is 7.20. The summed E-state index contributed by atoms with van der Waals surface area (Å²) in [6, 6.07) is -0.612. The van der Waals surface area contributed by atoms with Gasteiger partial charge in [0, 0.05) is 13.6 Å². The van der Waals surface area contributed by atoms with E-state index in [0.717, 1.165) is 6.42 Å². The molecule has 2 N–H and O–H groups in total. The van der Waals surface area contributed by atoms with Gasteiger partial charge in [-0.05, 0) is 19.6 Å². The first-order valence-corrected chi connectivity index (χ1v) is 5.96. The van der Waals surface area contributed by atoms with Gasteiger partial charge in [-0.25, -0.2) is 0 Å². The molecule has 0 aromatic carbocycles. The minimum Gasteiger partial charge on any atom is -0.492 e. The summed E-state index contributed by atoms with van der Waals surface area (Å²) in [7, 11) is 1.52. The Labute approximate surface area is 113 Å². The third-order valence-corrected chi connectivity index (χ3v) is 2.22. The third-order valence-electron chi connectivity index (χ3n) is 2.22. The molecule has 0 aromatic rings. The first-order valence-electron chi connectivity index (χ1n) is 5.96.